The third-order valence-electron chi connectivity index (χ3n) is 10.7. The lowest BCUT2D eigenvalue weighted by molar-refractivity contribution is -0.137. The van der Waals surface area contributed by atoms with Gasteiger partial charge in [0.2, 0.25) is 0 Å². The van der Waals surface area contributed by atoms with Crippen LogP contribution in [0.2, 0.25) is 0 Å². The van der Waals surface area contributed by atoms with Gasteiger partial charge in [-0.3, -0.25) is 4.79 Å². The van der Waals surface area contributed by atoms with Gasteiger partial charge in [-0.1, -0.05) is 26.8 Å². The minimum Gasteiger partial charge on any atom is -0.463 e. The Kier molecular flexibility index (Phi) is 4.24. The smallest absolute Gasteiger partial charge is 0.330 e. The van der Waals surface area contributed by atoms with Crippen molar-refractivity contribution in [3.63, 3.8) is 0 Å². The van der Waals surface area contributed by atoms with Crippen molar-refractivity contribution in [2.45, 2.75) is 90.1 Å². The fraction of sp³-hybridized carbons (Fsp3) is 0.846. The van der Waals surface area contributed by atoms with Crippen molar-refractivity contribution < 1.29 is 23.8 Å². The molecule has 4 saturated carbocycles. The fourth-order valence-corrected chi connectivity index (χ4v) is 9.24. The molecule has 6 unspecified atom stereocenters. The Hall–Kier alpha value is -1.20. The molecule has 6 aliphatic rings. The predicted molar refractivity (Wildman–Crippen MR) is 114 cm³/mol. The zero-order valence-electron chi connectivity index (χ0n) is 19.3. The monoisotopic (exact) mass is 428 g/mol. The average Bonchev–Trinajstić information content (AvgIpc) is 3.63. The number of ketones is 1. The molecule has 0 amide bonds. The van der Waals surface area contributed by atoms with Crippen LogP contribution in [0.3, 0.4) is 0 Å². The van der Waals surface area contributed by atoms with E-state index in [1.54, 1.807) is 6.08 Å². The summed E-state index contributed by atoms with van der Waals surface area (Å²) < 4.78 is 17.7. The highest BCUT2D eigenvalue weighted by molar-refractivity contribution is 5.89. The number of epoxide rings is 2. The lowest BCUT2D eigenvalue weighted by Gasteiger charge is -2.58. The Labute approximate surface area is 185 Å². The van der Waals surface area contributed by atoms with Crippen molar-refractivity contribution in [2.75, 3.05) is 6.61 Å². The molecule has 4 aliphatic carbocycles. The van der Waals surface area contributed by atoms with Gasteiger partial charge in [0.15, 0.2) is 5.78 Å². The number of ether oxygens (including phenoxy) is 3. The minimum absolute atomic E-state index is 0.0722. The van der Waals surface area contributed by atoms with Crippen molar-refractivity contribution in [3.05, 3.63) is 12.2 Å². The highest BCUT2D eigenvalue weighted by atomic mass is 16.7. The highest BCUT2D eigenvalue weighted by Gasteiger charge is 2.86. The Morgan fingerprint density at radius 2 is 2.03 bits per heavy atom. The summed E-state index contributed by atoms with van der Waals surface area (Å²) in [5.74, 6) is 2.86. The van der Waals surface area contributed by atoms with Gasteiger partial charge in [-0.2, -0.15) is 0 Å². The molecule has 2 heterocycles. The van der Waals surface area contributed by atoms with Crippen LogP contribution in [0, 0.1) is 40.4 Å². The van der Waals surface area contributed by atoms with Gasteiger partial charge in [0.05, 0.1) is 12.7 Å². The predicted octanol–water partition coefficient (Wildman–Crippen LogP) is 4.09. The van der Waals surface area contributed by atoms with Crippen LogP contribution in [0.15, 0.2) is 12.2 Å². The Bertz CT molecular complexity index is 851. The van der Waals surface area contributed by atoms with E-state index >= 15 is 0 Å². The summed E-state index contributed by atoms with van der Waals surface area (Å²) in [5.41, 5.74) is 0.0452. The van der Waals surface area contributed by atoms with Crippen LogP contribution in [-0.4, -0.2) is 42.3 Å². The number of fused-ring (bicyclic) bond motifs is 6. The zero-order chi connectivity index (χ0) is 21.8. The molecule has 0 bridgehead atoms. The van der Waals surface area contributed by atoms with Gasteiger partial charge >= 0.3 is 5.97 Å². The van der Waals surface area contributed by atoms with E-state index in [0.717, 1.165) is 6.42 Å². The summed E-state index contributed by atoms with van der Waals surface area (Å²) >= 11 is 0. The second kappa shape index (κ2) is 6.44. The molecule has 170 valence electrons. The lowest BCUT2D eigenvalue weighted by Crippen LogP contribution is -2.61. The van der Waals surface area contributed by atoms with Crippen molar-refractivity contribution in [2.24, 2.45) is 40.4 Å². The molecule has 5 nitrogen and oxygen atoms in total. The van der Waals surface area contributed by atoms with Crippen molar-refractivity contribution >= 4 is 11.8 Å². The van der Waals surface area contributed by atoms with E-state index in [9.17, 15) is 9.59 Å². The van der Waals surface area contributed by atoms with Gasteiger partial charge in [-0.05, 0) is 74.0 Å². The van der Waals surface area contributed by atoms with Gasteiger partial charge in [0.1, 0.15) is 17.8 Å². The molecule has 0 aromatic rings. The molecule has 2 aliphatic heterocycles. The van der Waals surface area contributed by atoms with Crippen molar-refractivity contribution in [1.29, 1.82) is 0 Å². The van der Waals surface area contributed by atoms with Crippen LogP contribution in [-0.2, 0) is 23.8 Å². The molecule has 31 heavy (non-hydrogen) atoms. The van der Waals surface area contributed by atoms with Crippen LogP contribution < -0.4 is 0 Å². The third-order valence-corrected chi connectivity index (χ3v) is 10.7. The molecule has 0 aromatic heterocycles. The molecule has 0 radical (unpaired) electrons. The largest absolute Gasteiger partial charge is 0.463 e. The molecular weight excluding hydrogens is 392 g/mol. The quantitative estimate of drug-likeness (QED) is 0.383. The van der Waals surface area contributed by atoms with E-state index in [-0.39, 0.29) is 40.7 Å². The molecule has 2 saturated heterocycles. The van der Waals surface area contributed by atoms with Gasteiger partial charge in [-0.25, -0.2) is 4.79 Å². The molecule has 0 aromatic carbocycles. The molecular formula is C26H36O5. The first-order valence-electron chi connectivity index (χ1n) is 12.5. The normalized spacial score (nSPS) is 54.8. The summed E-state index contributed by atoms with van der Waals surface area (Å²) in [6.07, 6.45) is 10.5. The number of Topliss-reactive ketones (excluding diaryl/α,β-unsaturated/α-hetero) is 1. The number of carbonyl (C=O) groups is 2. The van der Waals surface area contributed by atoms with E-state index in [1.807, 2.05) is 6.92 Å². The third kappa shape index (κ3) is 2.45. The van der Waals surface area contributed by atoms with E-state index in [0.29, 0.717) is 48.4 Å². The van der Waals surface area contributed by atoms with Gasteiger partial charge in [-0.15, -0.1) is 0 Å². The maximum Gasteiger partial charge on any atom is 0.330 e. The molecule has 11 atom stereocenters. The maximum absolute atomic E-state index is 12.4. The van der Waals surface area contributed by atoms with E-state index in [1.165, 1.54) is 25.7 Å². The Morgan fingerprint density at radius 1 is 1.23 bits per heavy atom. The topological polar surface area (TPSA) is 68.4 Å². The first-order valence-corrected chi connectivity index (χ1v) is 12.5. The van der Waals surface area contributed by atoms with Crippen LogP contribution >= 0.6 is 0 Å². The number of allylic oxidation sites excluding steroid dienone is 1. The van der Waals surface area contributed by atoms with Gasteiger partial charge in [0, 0.05) is 17.9 Å². The number of hydrogen-bond donors (Lipinski definition) is 0. The lowest BCUT2D eigenvalue weighted by atomic mass is 9.44. The number of carbonyl (C=O) groups excluding carboxylic acids is 2. The van der Waals surface area contributed by atoms with Crippen molar-refractivity contribution in [1.82, 2.24) is 0 Å². The maximum atomic E-state index is 12.4. The van der Waals surface area contributed by atoms with Crippen LogP contribution in [0.4, 0.5) is 0 Å². The molecule has 6 rings (SSSR count). The SMILES string of the molecule is CCOC(=O)/C=C/[C@@H](C)C1CCC2C3C(CC[C@@]21C)[C@@]1(C)CCC(=O)C2OC21[C@@H]1O[C@H]31. The summed E-state index contributed by atoms with van der Waals surface area (Å²) in [6, 6.07) is 0. The molecule has 1 spiro atoms. The second-order valence-electron chi connectivity index (χ2n) is 11.7. The van der Waals surface area contributed by atoms with E-state index in [2.05, 4.69) is 26.8 Å². The van der Waals surface area contributed by atoms with E-state index in [4.69, 9.17) is 14.2 Å². The Balaban J connectivity index is 1.26. The fourth-order valence-electron chi connectivity index (χ4n) is 9.24. The van der Waals surface area contributed by atoms with Crippen LogP contribution in [0.5, 0.6) is 0 Å². The zero-order valence-corrected chi connectivity index (χ0v) is 19.3. The van der Waals surface area contributed by atoms with Crippen LogP contribution in [0.25, 0.3) is 0 Å². The molecule has 0 N–H and O–H groups in total. The van der Waals surface area contributed by atoms with E-state index < -0.39 is 0 Å². The molecule has 6 fully saturated rings. The average molecular weight is 429 g/mol. The standard InChI is InChI=1S/C26H36O5/c1-5-29-19(28)9-6-14(2)15-7-8-16-20-17(10-12-24(15,16)3)25(4)13-11-18(27)22-26(25,31-22)23-21(20)30-23/h6,9,14-17,20-23H,5,7-8,10-13H2,1-4H3/b9-6+/t14-,15?,16?,17?,20?,21-,22?,23-,24-,25-,26?/m1/s1. The summed E-state index contributed by atoms with van der Waals surface area (Å²) in [6.45, 7) is 9.45. The molecule has 5 heteroatoms. The summed E-state index contributed by atoms with van der Waals surface area (Å²) in [7, 11) is 0. The van der Waals surface area contributed by atoms with Crippen molar-refractivity contribution in [3.8, 4) is 0 Å². The van der Waals surface area contributed by atoms with Gasteiger partial charge in [0.25, 0.3) is 0 Å². The second-order valence-corrected chi connectivity index (χ2v) is 11.7. The first kappa shape index (κ1) is 20.4. The number of rotatable bonds is 4. The first-order chi connectivity index (χ1) is 14.8. The Morgan fingerprint density at radius 3 is 2.81 bits per heavy atom. The summed E-state index contributed by atoms with van der Waals surface area (Å²) in [4.78, 5) is 24.3. The highest BCUT2D eigenvalue weighted by Crippen LogP contribution is 2.77. The van der Waals surface area contributed by atoms with Crippen LogP contribution in [0.1, 0.15) is 66.2 Å². The summed E-state index contributed by atoms with van der Waals surface area (Å²) in [5, 5.41) is 0. The van der Waals surface area contributed by atoms with Gasteiger partial charge < -0.3 is 14.2 Å². The number of hydrogen-bond acceptors (Lipinski definition) is 5. The number of esters is 1. The minimum atomic E-state index is -0.310.